The van der Waals surface area contributed by atoms with Gasteiger partial charge in [-0.3, -0.25) is 0 Å². The maximum Gasteiger partial charge on any atom is 0.249 e. The van der Waals surface area contributed by atoms with Crippen LogP contribution < -0.4 is 0 Å². The first-order valence-electron chi connectivity index (χ1n) is 7.86. The molecule has 2 unspecified atom stereocenters. The minimum Gasteiger partial charge on any atom is -0.207 e. The van der Waals surface area contributed by atoms with Crippen LogP contribution in [-0.4, -0.2) is 25.3 Å². The molecule has 1 saturated carbocycles. The SMILES string of the molecule is N#Cc1cc(F)c(S(=O)(=O)N2CCCC3CCCCC32)c(F)c1. The third-order valence-electron chi connectivity index (χ3n) is 4.89. The van der Waals surface area contributed by atoms with E-state index in [4.69, 9.17) is 5.26 Å². The topological polar surface area (TPSA) is 61.2 Å². The van der Waals surface area contributed by atoms with E-state index in [2.05, 4.69) is 0 Å². The first kappa shape index (κ1) is 16.3. The van der Waals surface area contributed by atoms with Crippen molar-refractivity contribution in [2.45, 2.75) is 49.5 Å². The lowest BCUT2D eigenvalue weighted by Crippen LogP contribution is -2.49. The van der Waals surface area contributed by atoms with Gasteiger partial charge in [-0.2, -0.15) is 9.57 Å². The van der Waals surface area contributed by atoms with Gasteiger partial charge in [-0.25, -0.2) is 17.2 Å². The number of fused-ring (bicyclic) bond motifs is 1. The van der Waals surface area contributed by atoms with E-state index in [9.17, 15) is 17.2 Å². The highest BCUT2D eigenvalue weighted by atomic mass is 32.2. The molecule has 1 heterocycles. The second-order valence-electron chi connectivity index (χ2n) is 6.25. The molecule has 1 aliphatic heterocycles. The van der Waals surface area contributed by atoms with Gasteiger partial charge in [0.15, 0.2) is 4.90 Å². The van der Waals surface area contributed by atoms with Crippen molar-refractivity contribution in [3.63, 3.8) is 0 Å². The van der Waals surface area contributed by atoms with E-state index < -0.39 is 26.6 Å². The number of nitriles is 1. The van der Waals surface area contributed by atoms with Crippen LogP contribution in [0.5, 0.6) is 0 Å². The van der Waals surface area contributed by atoms with Crippen molar-refractivity contribution in [3.05, 3.63) is 29.3 Å². The van der Waals surface area contributed by atoms with E-state index in [0.717, 1.165) is 44.2 Å². The second-order valence-corrected chi connectivity index (χ2v) is 8.08. The average Bonchev–Trinajstić information content (AvgIpc) is 2.53. The van der Waals surface area contributed by atoms with E-state index in [1.165, 1.54) is 4.31 Å². The van der Waals surface area contributed by atoms with Gasteiger partial charge in [0.05, 0.1) is 11.6 Å². The van der Waals surface area contributed by atoms with Crippen molar-refractivity contribution in [2.24, 2.45) is 5.92 Å². The predicted octanol–water partition coefficient (Wildman–Crippen LogP) is 3.18. The molecule has 0 N–H and O–H groups in total. The Morgan fingerprint density at radius 2 is 1.70 bits per heavy atom. The normalized spacial score (nSPS) is 25.6. The molecule has 0 bridgehead atoms. The Morgan fingerprint density at radius 3 is 2.35 bits per heavy atom. The average molecular weight is 340 g/mol. The third kappa shape index (κ3) is 2.86. The lowest BCUT2D eigenvalue weighted by Gasteiger charge is -2.43. The molecule has 1 aromatic rings. The van der Waals surface area contributed by atoms with Crippen molar-refractivity contribution < 1.29 is 17.2 Å². The van der Waals surface area contributed by atoms with Crippen LogP contribution in [0.1, 0.15) is 44.1 Å². The molecule has 0 radical (unpaired) electrons. The van der Waals surface area contributed by atoms with Crippen molar-refractivity contribution >= 4 is 10.0 Å². The number of rotatable bonds is 2. The Morgan fingerprint density at radius 1 is 1.09 bits per heavy atom. The van der Waals surface area contributed by atoms with Crippen molar-refractivity contribution in [1.29, 1.82) is 5.26 Å². The van der Waals surface area contributed by atoms with Gasteiger partial charge in [-0.05, 0) is 43.7 Å². The molecule has 23 heavy (non-hydrogen) atoms. The van der Waals surface area contributed by atoms with Gasteiger partial charge in [0, 0.05) is 12.6 Å². The fraction of sp³-hybridized carbons (Fsp3) is 0.562. The number of halogens is 2. The van der Waals surface area contributed by atoms with Gasteiger partial charge in [0.1, 0.15) is 11.6 Å². The Kier molecular flexibility index (Phi) is 4.39. The molecule has 0 spiro atoms. The fourth-order valence-electron chi connectivity index (χ4n) is 3.87. The maximum absolute atomic E-state index is 14.2. The van der Waals surface area contributed by atoms with Gasteiger partial charge in [-0.1, -0.05) is 12.8 Å². The molecular weight excluding hydrogens is 322 g/mol. The number of sulfonamides is 1. The molecule has 1 aromatic carbocycles. The van der Waals surface area contributed by atoms with Crippen LogP contribution in [-0.2, 0) is 10.0 Å². The number of benzene rings is 1. The van der Waals surface area contributed by atoms with Crippen LogP contribution in [0.2, 0.25) is 0 Å². The van der Waals surface area contributed by atoms with Gasteiger partial charge in [0.2, 0.25) is 10.0 Å². The summed E-state index contributed by atoms with van der Waals surface area (Å²) in [5.74, 6) is -2.12. The number of hydrogen-bond donors (Lipinski definition) is 0. The number of nitrogens with zero attached hydrogens (tertiary/aromatic N) is 2. The zero-order valence-electron chi connectivity index (χ0n) is 12.6. The molecule has 0 aromatic heterocycles. The van der Waals surface area contributed by atoms with Crippen LogP contribution in [0, 0.1) is 28.9 Å². The Labute approximate surface area is 134 Å². The molecule has 1 saturated heterocycles. The largest absolute Gasteiger partial charge is 0.249 e. The molecule has 2 aliphatic rings. The molecular formula is C16H18F2N2O2S. The van der Waals surface area contributed by atoms with Gasteiger partial charge >= 0.3 is 0 Å². The highest BCUT2D eigenvalue weighted by Crippen LogP contribution is 2.38. The minimum absolute atomic E-state index is 0.169. The summed E-state index contributed by atoms with van der Waals surface area (Å²) < 4.78 is 55.3. The molecule has 4 nitrogen and oxygen atoms in total. The predicted molar refractivity (Wildman–Crippen MR) is 79.9 cm³/mol. The standard InChI is InChI=1S/C16H18F2N2O2S/c17-13-8-11(10-19)9-14(18)16(13)23(21,22)20-7-3-5-12-4-1-2-6-15(12)20/h8-9,12,15H,1-7H2. The van der Waals surface area contributed by atoms with Gasteiger partial charge in [-0.15, -0.1) is 0 Å². The Balaban J connectivity index is 2.03. The van der Waals surface area contributed by atoms with Crippen molar-refractivity contribution in [2.75, 3.05) is 6.54 Å². The van der Waals surface area contributed by atoms with Crippen LogP contribution in [0.3, 0.4) is 0 Å². The van der Waals surface area contributed by atoms with Crippen LogP contribution in [0.15, 0.2) is 17.0 Å². The lowest BCUT2D eigenvalue weighted by atomic mass is 9.79. The monoisotopic (exact) mass is 340 g/mol. The minimum atomic E-state index is -4.24. The van der Waals surface area contributed by atoms with Gasteiger partial charge in [0.25, 0.3) is 0 Å². The highest BCUT2D eigenvalue weighted by molar-refractivity contribution is 7.89. The van der Waals surface area contributed by atoms with E-state index in [0.29, 0.717) is 13.0 Å². The van der Waals surface area contributed by atoms with Crippen LogP contribution in [0.4, 0.5) is 8.78 Å². The summed E-state index contributed by atoms with van der Waals surface area (Å²) in [6.07, 6.45) is 5.40. The van der Waals surface area contributed by atoms with E-state index in [1.54, 1.807) is 6.07 Å². The molecule has 124 valence electrons. The van der Waals surface area contributed by atoms with Crippen LogP contribution >= 0.6 is 0 Å². The maximum atomic E-state index is 14.2. The lowest BCUT2D eigenvalue weighted by molar-refractivity contribution is 0.128. The smallest absolute Gasteiger partial charge is 0.207 e. The van der Waals surface area contributed by atoms with Gasteiger partial charge < -0.3 is 0 Å². The summed E-state index contributed by atoms with van der Waals surface area (Å²) in [6.45, 7) is 0.294. The highest BCUT2D eigenvalue weighted by Gasteiger charge is 2.42. The Bertz CT molecular complexity index is 733. The zero-order valence-corrected chi connectivity index (χ0v) is 13.5. The molecule has 2 atom stereocenters. The molecule has 3 rings (SSSR count). The summed E-state index contributed by atoms with van der Waals surface area (Å²) in [4.78, 5) is -0.928. The zero-order chi connectivity index (χ0) is 16.6. The summed E-state index contributed by atoms with van der Waals surface area (Å²) >= 11 is 0. The van der Waals surface area contributed by atoms with Crippen molar-refractivity contribution in [3.8, 4) is 6.07 Å². The van der Waals surface area contributed by atoms with E-state index in [1.807, 2.05) is 0 Å². The third-order valence-corrected chi connectivity index (χ3v) is 6.86. The molecule has 0 amide bonds. The molecule has 2 fully saturated rings. The van der Waals surface area contributed by atoms with Crippen molar-refractivity contribution in [1.82, 2.24) is 4.31 Å². The van der Waals surface area contributed by atoms with Crippen LogP contribution in [0.25, 0.3) is 0 Å². The first-order valence-corrected chi connectivity index (χ1v) is 9.30. The summed E-state index contributed by atoms with van der Waals surface area (Å²) in [5, 5.41) is 8.74. The quantitative estimate of drug-likeness (QED) is 0.831. The molecule has 1 aliphatic carbocycles. The number of piperidine rings is 1. The molecule has 7 heteroatoms. The Hall–Kier alpha value is -1.52. The number of hydrogen-bond acceptors (Lipinski definition) is 3. The van der Waals surface area contributed by atoms with E-state index in [-0.39, 0.29) is 17.5 Å². The second kappa shape index (κ2) is 6.17. The first-order chi connectivity index (χ1) is 10.9. The van der Waals surface area contributed by atoms with E-state index >= 15 is 0 Å². The summed E-state index contributed by atoms with van der Waals surface area (Å²) in [7, 11) is -4.24. The fourth-order valence-corrected chi connectivity index (χ4v) is 5.71. The summed E-state index contributed by atoms with van der Waals surface area (Å²) in [5.41, 5.74) is -0.229. The summed E-state index contributed by atoms with van der Waals surface area (Å²) in [6, 6.07) is 3.01.